The van der Waals surface area contributed by atoms with E-state index in [4.69, 9.17) is 20.5 Å². The molecule has 0 amide bonds. The standard InChI is InChI=1S/C15H13FN2O2/c1-19-14-6-10(2-3-11(14)8-17)9-20-15-7-12(16)4-5-13(15)18/h2-7H,9,18H2,1H3. The Bertz CT molecular complexity index is 665. The van der Waals surface area contributed by atoms with Gasteiger partial charge in [0.1, 0.15) is 30.0 Å². The number of hydrogen-bond acceptors (Lipinski definition) is 4. The average Bonchev–Trinajstić information content (AvgIpc) is 2.47. The number of nitriles is 1. The Hall–Kier alpha value is -2.74. The second-order valence-corrected chi connectivity index (χ2v) is 4.12. The molecule has 0 fully saturated rings. The SMILES string of the molecule is COc1cc(COc2cc(F)ccc2N)ccc1C#N. The van der Waals surface area contributed by atoms with Crippen LogP contribution in [0.3, 0.4) is 0 Å². The van der Waals surface area contributed by atoms with Crippen molar-refractivity contribution in [1.29, 1.82) is 5.26 Å². The summed E-state index contributed by atoms with van der Waals surface area (Å²) < 4.78 is 23.7. The topological polar surface area (TPSA) is 68.3 Å². The minimum Gasteiger partial charge on any atom is -0.495 e. The van der Waals surface area contributed by atoms with Gasteiger partial charge in [0.25, 0.3) is 0 Å². The third-order valence-electron chi connectivity index (χ3n) is 2.76. The summed E-state index contributed by atoms with van der Waals surface area (Å²) in [6.45, 7) is 0.204. The normalized spacial score (nSPS) is 9.85. The molecular weight excluding hydrogens is 259 g/mol. The summed E-state index contributed by atoms with van der Waals surface area (Å²) in [6, 6.07) is 11.1. The fourth-order valence-electron chi connectivity index (χ4n) is 1.71. The van der Waals surface area contributed by atoms with Gasteiger partial charge in [-0.3, -0.25) is 0 Å². The minimum atomic E-state index is -0.411. The van der Waals surface area contributed by atoms with Crippen LogP contribution in [0.25, 0.3) is 0 Å². The van der Waals surface area contributed by atoms with Gasteiger partial charge < -0.3 is 15.2 Å². The molecule has 0 radical (unpaired) electrons. The summed E-state index contributed by atoms with van der Waals surface area (Å²) in [4.78, 5) is 0. The lowest BCUT2D eigenvalue weighted by Gasteiger charge is -2.10. The number of methoxy groups -OCH3 is 1. The van der Waals surface area contributed by atoms with Gasteiger partial charge in [-0.05, 0) is 29.8 Å². The summed E-state index contributed by atoms with van der Waals surface area (Å²) >= 11 is 0. The summed E-state index contributed by atoms with van der Waals surface area (Å²) in [6.07, 6.45) is 0. The predicted octanol–water partition coefficient (Wildman–Crippen LogP) is 2.87. The molecular formula is C15H13FN2O2. The van der Waals surface area contributed by atoms with E-state index in [0.717, 1.165) is 5.56 Å². The number of anilines is 1. The number of nitrogens with two attached hydrogens (primary N) is 1. The van der Waals surface area contributed by atoms with Gasteiger partial charge in [-0.25, -0.2) is 4.39 Å². The zero-order valence-corrected chi connectivity index (χ0v) is 10.9. The molecule has 0 unspecified atom stereocenters. The van der Waals surface area contributed by atoms with Crippen molar-refractivity contribution in [2.24, 2.45) is 0 Å². The van der Waals surface area contributed by atoms with Crippen molar-refractivity contribution in [1.82, 2.24) is 0 Å². The van der Waals surface area contributed by atoms with Crippen molar-refractivity contribution in [3.05, 3.63) is 53.3 Å². The lowest BCUT2D eigenvalue weighted by molar-refractivity contribution is 0.305. The Morgan fingerprint density at radius 2 is 2.00 bits per heavy atom. The first-order valence-corrected chi connectivity index (χ1v) is 5.89. The molecule has 5 heteroatoms. The monoisotopic (exact) mass is 272 g/mol. The molecule has 20 heavy (non-hydrogen) atoms. The highest BCUT2D eigenvalue weighted by Crippen LogP contribution is 2.24. The highest BCUT2D eigenvalue weighted by Gasteiger charge is 2.06. The van der Waals surface area contributed by atoms with E-state index >= 15 is 0 Å². The van der Waals surface area contributed by atoms with E-state index in [-0.39, 0.29) is 12.4 Å². The van der Waals surface area contributed by atoms with Crippen molar-refractivity contribution in [2.75, 3.05) is 12.8 Å². The molecule has 0 aliphatic heterocycles. The molecule has 2 rings (SSSR count). The Balaban J connectivity index is 2.15. The molecule has 0 saturated heterocycles. The molecule has 0 heterocycles. The summed E-state index contributed by atoms with van der Waals surface area (Å²) in [5, 5.41) is 8.90. The van der Waals surface area contributed by atoms with E-state index in [2.05, 4.69) is 0 Å². The maximum absolute atomic E-state index is 13.1. The van der Waals surface area contributed by atoms with Crippen molar-refractivity contribution in [2.45, 2.75) is 6.61 Å². The fourth-order valence-corrected chi connectivity index (χ4v) is 1.71. The molecule has 0 aliphatic rings. The van der Waals surface area contributed by atoms with Crippen LogP contribution >= 0.6 is 0 Å². The Kier molecular flexibility index (Phi) is 4.06. The lowest BCUT2D eigenvalue weighted by atomic mass is 10.1. The Morgan fingerprint density at radius 3 is 2.70 bits per heavy atom. The number of nitrogen functional groups attached to an aromatic ring is 1. The van der Waals surface area contributed by atoms with Crippen molar-refractivity contribution in [3.63, 3.8) is 0 Å². The van der Waals surface area contributed by atoms with Gasteiger partial charge in [0.05, 0.1) is 18.4 Å². The summed E-state index contributed by atoms with van der Waals surface area (Å²) in [7, 11) is 1.49. The molecule has 2 aromatic rings. The number of benzene rings is 2. The van der Waals surface area contributed by atoms with E-state index in [0.29, 0.717) is 17.0 Å². The van der Waals surface area contributed by atoms with Crippen LogP contribution in [-0.2, 0) is 6.61 Å². The zero-order valence-electron chi connectivity index (χ0n) is 10.9. The van der Waals surface area contributed by atoms with Crippen LogP contribution in [0, 0.1) is 17.1 Å². The quantitative estimate of drug-likeness (QED) is 0.869. The van der Waals surface area contributed by atoms with Crippen LogP contribution in [0.15, 0.2) is 36.4 Å². The lowest BCUT2D eigenvalue weighted by Crippen LogP contribution is -2.00. The van der Waals surface area contributed by atoms with E-state index < -0.39 is 5.82 Å². The molecule has 0 saturated carbocycles. The van der Waals surface area contributed by atoms with Crippen LogP contribution in [-0.4, -0.2) is 7.11 Å². The molecule has 2 N–H and O–H groups in total. The summed E-state index contributed by atoms with van der Waals surface area (Å²) in [5.74, 6) is 0.348. The van der Waals surface area contributed by atoms with E-state index in [1.165, 1.54) is 25.3 Å². The third-order valence-corrected chi connectivity index (χ3v) is 2.76. The van der Waals surface area contributed by atoms with Crippen LogP contribution in [0.2, 0.25) is 0 Å². The van der Waals surface area contributed by atoms with Crippen LogP contribution in [0.4, 0.5) is 10.1 Å². The predicted molar refractivity (Wildman–Crippen MR) is 72.9 cm³/mol. The van der Waals surface area contributed by atoms with Gasteiger partial charge >= 0.3 is 0 Å². The maximum Gasteiger partial charge on any atom is 0.145 e. The first-order chi connectivity index (χ1) is 9.63. The Morgan fingerprint density at radius 1 is 1.20 bits per heavy atom. The molecule has 0 atom stereocenters. The molecule has 4 nitrogen and oxygen atoms in total. The van der Waals surface area contributed by atoms with E-state index in [1.807, 2.05) is 6.07 Å². The second kappa shape index (κ2) is 5.93. The smallest absolute Gasteiger partial charge is 0.145 e. The van der Waals surface area contributed by atoms with Gasteiger partial charge in [-0.2, -0.15) is 5.26 Å². The maximum atomic E-state index is 13.1. The van der Waals surface area contributed by atoms with Crippen LogP contribution in [0.1, 0.15) is 11.1 Å². The van der Waals surface area contributed by atoms with Crippen molar-refractivity contribution < 1.29 is 13.9 Å². The number of rotatable bonds is 4. The molecule has 102 valence electrons. The largest absolute Gasteiger partial charge is 0.495 e. The first-order valence-electron chi connectivity index (χ1n) is 5.89. The zero-order chi connectivity index (χ0) is 14.5. The molecule has 0 bridgehead atoms. The minimum absolute atomic E-state index is 0.204. The van der Waals surface area contributed by atoms with Crippen LogP contribution in [0.5, 0.6) is 11.5 Å². The molecule has 0 aromatic heterocycles. The average molecular weight is 272 g/mol. The van der Waals surface area contributed by atoms with Crippen molar-refractivity contribution >= 4 is 5.69 Å². The number of halogens is 1. The molecule has 0 spiro atoms. The molecule has 2 aromatic carbocycles. The second-order valence-electron chi connectivity index (χ2n) is 4.12. The summed E-state index contributed by atoms with van der Waals surface area (Å²) in [5.41, 5.74) is 7.31. The first kappa shape index (κ1) is 13.7. The highest BCUT2D eigenvalue weighted by molar-refractivity contribution is 5.52. The highest BCUT2D eigenvalue weighted by atomic mass is 19.1. The van der Waals surface area contributed by atoms with E-state index in [1.54, 1.807) is 18.2 Å². The number of hydrogen-bond donors (Lipinski definition) is 1. The fraction of sp³-hybridized carbons (Fsp3) is 0.133. The third kappa shape index (κ3) is 2.98. The number of ether oxygens (including phenoxy) is 2. The van der Waals surface area contributed by atoms with Gasteiger partial charge in [-0.1, -0.05) is 6.07 Å². The van der Waals surface area contributed by atoms with E-state index in [9.17, 15) is 4.39 Å². The van der Waals surface area contributed by atoms with Gasteiger partial charge in [-0.15, -0.1) is 0 Å². The Labute approximate surface area is 116 Å². The van der Waals surface area contributed by atoms with Gasteiger partial charge in [0, 0.05) is 6.07 Å². The van der Waals surface area contributed by atoms with Crippen molar-refractivity contribution in [3.8, 4) is 17.6 Å². The van der Waals surface area contributed by atoms with Gasteiger partial charge in [0.2, 0.25) is 0 Å². The molecule has 0 aliphatic carbocycles. The number of nitrogens with zero attached hydrogens (tertiary/aromatic N) is 1. The van der Waals surface area contributed by atoms with Crippen LogP contribution < -0.4 is 15.2 Å². The van der Waals surface area contributed by atoms with Gasteiger partial charge in [0.15, 0.2) is 0 Å².